The number of aliphatic hydroxyl groups excluding tert-OH is 1. The van der Waals surface area contributed by atoms with E-state index in [2.05, 4.69) is 16.4 Å². The lowest BCUT2D eigenvalue weighted by molar-refractivity contribution is 0.174. The second-order valence-electron chi connectivity index (χ2n) is 4.82. The Kier molecular flexibility index (Phi) is 4.94. The minimum absolute atomic E-state index is 0.336. The number of halogens is 1. The second kappa shape index (κ2) is 7.11. The van der Waals surface area contributed by atoms with Crippen molar-refractivity contribution in [1.29, 1.82) is 0 Å². The Morgan fingerprint density at radius 2 is 2.14 bits per heavy atom. The van der Waals surface area contributed by atoms with E-state index in [-0.39, 0.29) is 5.82 Å². The summed E-state index contributed by atoms with van der Waals surface area (Å²) in [5, 5.41) is 18.2. The van der Waals surface area contributed by atoms with Crippen LogP contribution in [0.25, 0.3) is 9.88 Å². The Hall–Kier alpha value is -1.60. The second-order valence-corrected chi connectivity index (χ2v) is 6.63. The van der Waals surface area contributed by atoms with E-state index in [9.17, 15) is 9.50 Å². The van der Waals surface area contributed by atoms with Gasteiger partial charge in [0.1, 0.15) is 10.8 Å². The Morgan fingerprint density at radius 3 is 2.91 bits per heavy atom. The molecule has 0 fully saturated rings. The van der Waals surface area contributed by atoms with Crippen LogP contribution in [-0.2, 0) is 6.54 Å². The van der Waals surface area contributed by atoms with E-state index in [0.29, 0.717) is 18.7 Å². The van der Waals surface area contributed by atoms with Crippen molar-refractivity contribution in [2.75, 3.05) is 6.54 Å². The maximum atomic E-state index is 13.1. The molecular formula is C16H15FN2OS2. The van der Waals surface area contributed by atoms with Crippen LogP contribution in [0.4, 0.5) is 4.39 Å². The third-order valence-corrected chi connectivity index (χ3v) is 5.09. The first-order chi connectivity index (χ1) is 10.7. The van der Waals surface area contributed by atoms with Crippen LogP contribution in [0.5, 0.6) is 0 Å². The first-order valence-corrected chi connectivity index (χ1v) is 8.61. The molecule has 3 rings (SSSR count). The molecule has 0 saturated carbocycles. The summed E-state index contributed by atoms with van der Waals surface area (Å²) < 4.78 is 13.1. The predicted octanol–water partition coefficient (Wildman–Crippen LogP) is 3.83. The summed E-state index contributed by atoms with van der Waals surface area (Å²) in [4.78, 5) is 5.72. The normalized spacial score (nSPS) is 12.5. The molecule has 0 aliphatic carbocycles. The molecule has 3 aromatic rings. The van der Waals surface area contributed by atoms with Gasteiger partial charge < -0.3 is 10.4 Å². The maximum absolute atomic E-state index is 13.1. The van der Waals surface area contributed by atoms with Crippen molar-refractivity contribution in [3.05, 3.63) is 64.2 Å². The molecule has 2 N–H and O–H groups in total. The summed E-state index contributed by atoms with van der Waals surface area (Å²) in [7, 11) is 0. The van der Waals surface area contributed by atoms with Gasteiger partial charge in [-0.15, -0.1) is 22.7 Å². The topological polar surface area (TPSA) is 45.1 Å². The van der Waals surface area contributed by atoms with Crippen LogP contribution in [-0.4, -0.2) is 16.6 Å². The molecule has 6 heteroatoms. The first kappa shape index (κ1) is 15.3. The van der Waals surface area contributed by atoms with Crippen LogP contribution >= 0.6 is 22.7 Å². The van der Waals surface area contributed by atoms with Crippen molar-refractivity contribution in [2.24, 2.45) is 0 Å². The SMILES string of the molecule is O[C@H](CNCc1csc(-c2cccs2)n1)c1cccc(F)c1. The molecule has 0 unspecified atom stereocenters. The summed E-state index contributed by atoms with van der Waals surface area (Å²) in [5.74, 6) is -0.336. The summed E-state index contributed by atoms with van der Waals surface area (Å²) in [6.45, 7) is 0.934. The third-order valence-electron chi connectivity index (χ3n) is 3.16. The number of rotatable bonds is 6. The van der Waals surface area contributed by atoms with Crippen LogP contribution in [0, 0.1) is 5.82 Å². The summed E-state index contributed by atoms with van der Waals surface area (Å²) in [6.07, 6.45) is -0.730. The van der Waals surface area contributed by atoms with Crippen molar-refractivity contribution in [2.45, 2.75) is 12.6 Å². The molecule has 3 nitrogen and oxygen atoms in total. The predicted molar refractivity (Wildman–Crippen MR) is 88.5 cm³/mol. The molecule has 1 aromatic carbocycles. The van der Waals surface area contributed by atoms with Crippen molar-refractivity contribution in [3.8, 4) is 9.88 Å². The van der Waals surface area contributed by atoms with E-state index in [4.69, 9.17) is 0 Å². The molecule has 2 aromatic heterocycles. The van der Waals surface area contributed by atoms with Crippen molar-refractivity contribution >= 4 is 22.7 Å². The molecule has 22 heavy (non-hydrogen) atoms. The van der Waals surface area contributed by atoms with Crippen LogP contribution in [0.3, 0.4) is 0 Å². The zero-order chi connectivity index (χ0) is 15.4. The summed E-state index contributed by atoms with van der Waals surface area (Å²) >= 11 is 3.28. The highest BCUT2D eigenvalue weighted by Gasteiger charge is 2.09. The van der Waals surface area contributed by atoms with Crippen LogP contribution in [0.1, 0.15) is 17.4 Å². The number of hydrogen-bond donors (Lipinski definition) is 2. The van der Waals surface area contributed by atoms with Crippen molar-refractivity contribution in [3.63, 3.8) is 0 Å². The average Bonchev–Trinajstić information content (AvgIpc) is 3.18. The van der Waals surface area contributed by atoms with Gasteiger partial charge >= 0.3 is 0 Å². The van der Waals surface area contributed by atoms with Gasteiger partial charge in [-0.3, -0.25) is 0 Å². The zero-order valence-corrected chi connectivity index (χ0v) is 13.3. The van der Waals surface area contributed by atoms with Gasteiger partial charge in [0.05, 0.1) is 16.7 Å². The van der Waals surface area contributed by atoms with Gasteiger partial charge in [-0.25, -0.2) is 9.37 Å². The van der Waals surface area contributed by atoms with Crippen LogP contribution in [0.15, 0.2) is 47.2 Å². The summed E-state index contributed by atoms with van der Waals surface area (Å²) in [6, 6.07) is 10.1. The molecular weight excluding hydrogens is 319 g/mol. The number of aromatic nitrogens is 1. The molecule has 1 atom stereocenters. The fourth-order valence-corrected chi connectivity index (χ4v) is 3.70. The fourth-order valence-electron chi connectivity index (χ4n) is 2.07. The minimum Gasteiger partial charge on any atom is -0.387 e. The van der Waals surface area contributed by atoms with Gasteiger partial charge in [0.15, 0.2) is 0 Å². The number of benzene rings is 1. The van der Waals surface area contributed by atoms with Gasteiger partial charge in [0.2, 0.25) is 0 Å². The van der Waals surface area contributed by atoms with E-state index < -0.39 is 6.10 Å². The van der Waals surface area contributed by atoms with Gasteiger partial charge in [-0.2, -0.15) is 0 Å². The lowest BCUT2D eigenvalue weighted by atomic mass is 10.1. The fraction of sp³-hybridized carbons (Fsp3) is 0.188. The molecule has 0 saturated heterocycles. The Balaban J connectivity index is 1.53. The highest BCUT2D eigenvalue weighted by molar-refractivity contribution is 7.20. The smallest absolute Gasteiger partial charge is 0.133 e. The molecule has 0 radical (unpaired) electrons. The molecule has 0 aliphatic rings. The quantitative estimate of drug-likeness (QED) is 0.720. The van der Waals surface area contributed by atoms with Gasteiger partial charge in [0.25, 0.3) is 0 Å². The highest BCUT2D eigenvalue weighted by atomic mass is 32.1. The number of thiophene rings is 1. The number of thiazole rings is 1. The Bertz CT molecular complexity index is 727. The Morgan fingerprint density at radius 1 is 1.23 bits per heavy atom. The van der Waals surface area contributed by atoms with Gasteiger partial charge in [0, 0.05) is 18.5 Å². The zero-order valence-electron chi connectivity index (χ0n) is 11.7. The lowest BCUT2D eigenvalue weighted by Gasteiger charge is -2.11. The monoisotopic (exact) mass is 334 g/mol. The van der Waals surface area contributed by atoms with Crippen molar-refractivity contribution in [1.82, 2.24) is 10.3 Å². The molecule has 0 spiro atoms. The molecule has 0 amide bonds. The number of nitrogens with one attached hydrogen (secondary N) is 1. The molecule has 114 valence electrons. The maximum Gasteiger partial charge on any atom is 0.133 e. The first-order valence-electron chi connectivity index (χ1n) is 6.85. The molecule has 0 aliphatic heterocycles. The van der Waals surface area contributed by atoms with Gasteiger partial charge in [-0.05, 0) is 29.1 Å². The number of aliphatic hydroxyl groups is 1. The lowest BCUT2D eigenvalue weighted by Crippen LogP contribution is -2.21. The third kappa shape index (κ3) is 3.78. The molecule has 0 bridgehead atoms. The van der Waals surface area contributed by atoms with E-state index in [1.807, 2.05) is 16.8 Å². The van der Waals surface area contributed by atoms with E-state index in [1.165, 1.54) is 12.1 Å². The summed E-state index contributed by atoms with van der Waals surface area (Å²) in [5.41, 5.74) is 1.52. The standard InChI is InChI=1S/C16H15FN2OS2/c17-12-4-1-3-11(7-12)14(20)9-18-8-13-10-22-16(19-13)15-5-2-6-21-15/h1-7,10,14,18,20H,8-9H2/t14-/m1/s1. The number of nitrogens with zero attached hydrogens (tertiary/aromatic N) is 1. The van der Waals surface area contributed by atoms with E-state index in [1.54, 1.807) is 34.8 Å². The number of hydrogen-bond acceptors (Lipinski definition) is 5. The Labute approximate surface area is 136 Å². The highest BCUT2D eigenvalue weighted by Crippen LogP contribution is 2.27. The van der Waals surface area contributed by atoms with Gasteiger partial charge in [-0.1, -0.05) is 18.2 Å². The van der Waals surface area contributed by atoms with E-state index in [0.717, 1.165) is 15.6 Å². The average molecular weight is 334 g/mol. The largest absolute Gasteiger partial charge is 0.387 e. The van der Waals surface area contributed by atoms with Crippen LogP contribution in [0.2, 0.25) is 0 Å². The molecule has 2 heterocycles. The van der Waals surface area contributed by atoms with E-state index >= 15 is 0 Å². The minimum atomic E-state index is -0.730. The van der Waals surface area contributed by atoms with Crippen molar-refractivity contribution < 1.29 is 9.50 Å². The van der Waals surface area contributed by atoms with Crippen LogP contribution < -0.4 is 5.32 Å².